The summed E-state index contributed by atoms with van der Waals surface area (Å²) in [7, 11) is 0. The molecule has 0 radical (unpaired) electrons. The van der Waals surface area contributed by atoms with Crippen LogP contribution >= 0.6 is 24.8 Å². The molecule has 3 fully saturated rings. The van der Waals surface area contributed by atoms with Crippen molar-refractivity contribution in [1.82, 2.24) is 15.5 Å². The van der Waals surface area contributed by atoms with Crippen LogP contribution in [0.1, 0.15) is 32.1 Å². The third kappa shape index (κ3) is 4.48. The van der Waals surface area contributed by atoms with Gasteiger partial charge < -0.3 is 15.5 Å². The van der Waals surface area contributed by atoms with E-state index < -0.39 is 0 Å². The number of halogens is 2. The highest BCUT2D eigenvalue weighted by atomic mass is 35.5. The average molecular weight is 310 g/mol. The molecule has 112 valence electrons. The second-order valence-electron chi connectivity index (χ2n) is 5.77. The zero-order valence-corrected chi connectivity index (χ0v) is 12.9. The van der Waals surface area contributed by atoms with Gasteiger partial charge in [-0.25, -0.2) is 0 Å². The van der Waals surface area contributed by atoms with E-state index in [1.807, 2.05) is 0 Å². The number of hydrogen-bond acceptors (Lipinski definition) is 3. The topological polar surface area (TPSA) is 44.4 Å². The van der Waals surface area contributed by atoms with Gasteiger partial charge in [0, 0.05) is 19.1 Å². The Balaban J connectivity index is 0.000000902. The highest BCUT2D eigenvalue weighted by Crippen LogP contribution is 2.31. The summed E-state index contributed by atoms with van der Waals surface area (Å²) >= 11 is 0. The fourth-order valence-electron chi connectivity index (χ4n) is 3.08. The largest absolute Gasteiger partial charge is 0.354 e. The van der Waals surface area contributed by atoms with E-state index in [1.54, 1.807) is 0 Å². The van der Waals surface area contributed by atoms with Crippen molar-refractivity contribution in [2.24, 2.45) is 5.92 Å². The molecule has 2 aliphatic heterocycles. The molecule has 2 atom stereocenters. The zero-order valence-electron chi connectivity index (χ0n) is 11.3. The first-order chi connectivity index (χ1) is 8.33. The molecule has 0 bridgehead atoms. The molecule has 19 heavy (non-hydrogen) atoms. The molecule has 0 aromatic carbocycles. The predicted octanol–water partition coefficient (Wildman–Crippen LogP) is 1.18. The van der Waals surface area contributed by atoms with Crippen LogP contribution in [0.4, 0.5) is 0 Å². The number of hydrogen-bond donors (Lipinski definition) is 2. The van der Waals surface area contributed by atoms with Crippen LogP contribution in [0.15, 0.2) is 0 Å². The summed E-state index contributed by atoms with van der Waals surface area (Å²) in [6.45, 7) is 4.31. The smallest absolute Gasteiger partial charge is 0.237 e. The molecule has 0 aromatic heterocycles. The van der Waals surface area contributed by atoms with Crippen molar-refractivity contribution in [1.29, 1.82) is 0 Å². The van der Waals surface area contributed by atoms with Crippen LogP contribution in [-0.4, -0.2) is 49.1 Å². The van der Waals surface area contributed by atoms with Gasteiger partial charge in [-0.3, -0.25) is 4.79 Å². The fourth-order valence-corrected chi connectivity index (χ4v) is 3.08. The van der Waals surface area contributed by atoms with Gasteiger partial charge in [-0.1, -0.05) is 0 Å². The monoisotopic (exact) mass is 309 g/mol. The number of carbonyl (C=O) groups excluding carboxylic acids is 1. The predicted molar refractivity (Wildman–Crippen MR) is 81.2 cm³/mol. The van der Waals surface area contributed by atoms with Crippen molar-refractivity contribution in [3.8, 4) is 0 Å². The van der Waals surface area contributed by atoms with Crippen LogP contribution < -0.4 is 10.6 Å². The lowest BCUT2D eigenvalue weighted by Crippen LogP contribution is -2.42. The second kappa shape index (κ2) is 7.67. The van der Waals surface area contributed by atoms with Gasteiger partial charge >= 0.3 is 0 Å². The Hall–Kier alpha value is -0.0300. The highest BCUT2D eigenvalue weighted by Gasteiger charge is 2.34. The minimum atomic E-state index is 0. The summed E-state index contributed by atoms with van der Waals surface area (Å²) in [5.74, 6) is 0.897. The van der Waals surface area contributed by atoms with Gasteiger partial charge in [0.1, 0.15) is 0 Å². The molecule has 4 nitrogen and oxygen atoms in total. The lowest BCUT2D eigenvalue weighted by Gasteiger charge is -2.16. The number of nitrogens with one attached hydrogen (secondary N) is 2. The molecule has 1 saturated carbocycles. The minimum absolute atomic E-state index is 0. The number of amides is 1. The Kier molecular flexibility index (Phi) is 6.87. The molecule has 2 N–H and O–H groups in total. The van der Waals surface area contributed by atoms with Crippen LogP contribution in [0.2, 0.25) is 0 Å². The van der Waals surface area contributed by atoms with Gasteiger partial charge in [0.05, 0.1) is 6.04 Å². The molecule has 1 aliphatic carbocycles. The summed E-state index contributed by atoms with van der Waals surface area (Å²) in [6, 6.07) is 0.961. The van der Waals surface area contributed by atoms with E-state index >= 15 is 0 Å². The third-order valence-electron chi connectivity index (χ3n) is 4.32. The molecule has 2 heterocycles. The first kappa shape index (κ1) is 17.0. The molecule has 3 aliphatic rings. The van der Waals surface area contributed by atoms with Crippen LogP contribution in [-0.2, 0) is 4.79 Å². The first-order valence-corrected chi connectivity index (χ1v) is 7.08. The SMILES string of the molecule is Cl.Cl.O=C(NCC1CCN(C2CC2)C1)[C@@H]1CCCN1. The molecule has 0 aromatic rings. The lowest BCUT2D eigenvalue weighted by molar-refractivity contribution is -0.122. The highest BCUT2D eigenvalue weighted by molar-refractivity contribution is 5.85. The Morgan fingerprint density at radius 1 is 1.21 bits per heavy atom. The number of likely N-dealkylation sites (tertiary alicyclic amines) is 1. The van der Waals surface area contributed by atoms with Gasteiger partial charge in [-0.2, -0.15) is 0 Å². The summed E-state index contributed by atoms with van der Waals surface area (Å²) in [5, 5.41) is 6.36. The van der Waals surface area contributed by atoms with E-state index in [0.29, 0.717) is 5.92 Å². The third-order valence-corrected chi connectivity index (χ3v) is 4.32. The summed E-state index contributed by atoms with van der Waals surface area (Å²) in [5.41, 5.74) is 0. The van der Waals surface area contributed by atoms with Crippen molar-refractivity contribution in [3.63, 3.8) is 0 Å². The van der Waals surface area contributed by atoms with Crippen molar-refractivity contribution < 1.29 is 4.79 Å². The lowest BCUT2D eigenvalue weighted by atomic mass is 10.1. The van der Waals surface area contributed by atoms with Crippen molar-refractivity contribution >= 4 is 30.7 Å². The van der Waals surface area contributed by atoms with Gasteiger partial charge in [0.25, 0.3) is 0 Å². The summed E-state index contributed by atoms with van der Waals surface area (Å²) < 4.78 is 0. The van der Waals surface area contributed by atoms with Crippen LogP contribution in [0.3, 0.4) is 0 Å². The van der Waals surface area contributed by atoms with Gasteiger partial charge in [0.2, 0.25) is 5.91 Å². The molecule has 1 unspecified atom stereocenters. The van der Waals surface area contributed by atoms with Gasteiger partial charge in [-0.05, 0) is 51.1 Å². The maximum atomic E-state index is 11.8. The van der Waals surface area contributed by atoms with Crippen LogP contribution in [0, 0.1) is 5.92 Å². The maximum absolute atomic E-state index is 11.8. The number of nitrogens with zero attached hydrogens (tertiary/aromatic N) is 1. The standard InChI is InChI=1S/C13H23N3O.2ClH/c17-13(12-2-1-6-14-12)15-8-10-5-7-16(9-10)11-3-4-11;;/h10-12,14H,1-9H2,(H,15,17);2*1H/t10?,12-;;/m0../s1. The summed E-state index contributed by atoms with van der Waals surface area (Å²) in [6.07, 6.45) is 6.19. The molecule has 2 saturated heterocycles. The molecule has 6 heteroatoms. The Morgan fingerprint density at radius 2 is 2.00 bits per heavy atom. The van der Waals surface area contributed by atoms with E-state index in [0.717, 1.165) is 32.0 Å². The number of rotatable bonds is 4. The molecule has 1 amide bonds. The normalized spacial score (nSPS) is 30.5. The van der Waals surface area contributed by atoms with Gasteiger partial charge in [-0.15, -0.1) is 24.8 Å². The average Bonchev–Trinajstić information content (AvgIpc) is 2.88. The van der Waals surface area contributed by atoms with Crippen molar-refractivity contribution in [2.45, 2.75) is 44.2 Å². The Morgan fingerprint density at radius 3 is 2.63 bits per heavy atom. The van der Waals surface area contributed by atoms with Gasteiger partial charge in [0.15, 0.2) is 0 Å². The maximum Gasteiger partial charge on any atom is 0.237 e. The van der Waals surface area contributed by atoms with E-state index in [2.05, 4.69) is 15.5 Å². The Bertz CT molecular complexity index is 294. The molecule has 0 spiro atoms. The van der Waals surface area contributed by atoms with Crippen LogP contribution in [0.5, 0.6) is 0 Å². The number of carbonyl (C=O) groups is 1. The quantitative estimate of drug-likeness (QED) is 0.820. The molecule has 3 rings (SSSR count). The van der Waals surface area contributed by atoms with E-state index in [4.69, 9.17) is 0 Å². The van der Waals surface area contributed by atoms with Crippen molar-refractivity contribution in [2.75, 3.05) is 26.2 Å². The van der Waals surface area contributed by atoms with Crippen LogP contribution in [0.25, 0.3) is 0 Å². The van der Waals surface area contributed by atoms with Crippen molar-refractivity contribution in [3.05, 3.63) is 0 Å². The van der Waals surface area contributed by atoms with E-state index in [9.17, 15) is 4.79 Å². The zero-order chi connectivity index (χ0) is 11.7. The van der Waals surface area contributed by atoms with E-state index in [1.165, 1.54) is 32.4 Å². The summed E-state index contributed by atoms with van der Waals surface area (Å²) in [4.78, 5) is 14.4. The molecular weight excluding hydrogens is 285 g/mol. The minimum Gasteiger partial charge on any atom is -0.354 e. The second-order valence-corrected chi connectivity index (χ2v) is 5.77. The Labute approximate surface area is 127 Å². The molecular formula is C13H25Cl2N3O. The van der Waals surface area contributed by atoms with E-state index in [-0.39, 0.29) is 36.8 Å². The first-order valence-electron chi connectivity index (χ1n) is 7.08. The fraction of sp³-hybridized carbons (Fsp3) is 0.923.